The Morgan fingerprint density at radius 3 is 2.71 bits per heavy atom. The summed E-state index contributed by atoms with van der Waals surface area (Å²) in [5, 5.41) is 13.1. The summed E-state index contributed by atoms with van der Waals surface area (Å²) in [6.45, 7) is 4.43. The summed E-state index contributed by atoms with van der Waals surface area (Å²) in [6.07, 6.45) is 4.35. The van der Waals surface area contributed by atoms with Gasteiger partial charge in [-0.2, -0.15) is 0 Å². The van der Waals surface area contributed by atoms with E-state index < -0.39 is 17.5 Å². The van der Waals surface area contributed by atoms with Crippen molar-refractivity contribution in [2.45, 2.75) is 32.9 Å². The molecule has 24 heavy (non-hydrogen) atoms. The number of rotatable bonds is 7. The van der Waals surface area contributed by atoms with Gasteiger partial charge in [0.05, 0.1) is 5.56 Å². The summed E-state index contributed by atoms with van der Waals surface area (Å²) >= 11 is 0. The zero-order valence-electron chi connectivity index (χ0n) is 13.8. The number of carbonyl (C=O) groups is 1. The summed E-state index contributed by atoms with van der Waals surface area (Å²) in [5.41, 5.74) is 6.17. The fourth-order valence-electron chi connectivity index (χ4n) is 2.57. The van der Waals surface area contributed by atoms with Gasteiger partial charge in [-0.1, -0.05) is 26.0 Å². The van der Waals surface area contributed by atoms with E-state index in [1.807, 2.05) is 12.1 Å². The molecule has 0 fully saturated rings. The summed E-state index contributed by atoms with van der Waals surface area (Å²) in [6, 6.07) is 6.63. The molecule has 5 nitrogen and oxygen atoms in total. The van der Waals surface area contributed by atoms with Crippen LogP contribution in [0, 0.1) is 11.7 Å². The van der Waals surface area contributed by atoms with Crippen LogP contribution in [0.1, 0.15) is 47.8 Å². The Morgan fingerprint density at radius 2 is 2.12 bits per heavy atom. The van der Waals surface area contributed by atoms with Crippen molar-refractivity contribution in [1.82, 2.24) is 10.3 Å². The van der Waals surface area contributed by atoms with Crippen molar-refractivity contribution in [2.75, 3.05) is 0 Å². The second-order valence-electron chi connectivity index (χ2n) is 6.15. The first-order valence-electron chi connectivity index (χ1n) is 7.83. The first-order chi connectivity index (χ1) is 11.4. The van der Waals surface area contributed by atoms with E-state index >= 15 is 0 Å². The van der Waals surface area contributed by atoms with Crippen LogP contribution in [-0.4, -0.2) is 16.0 Å². The number of benzene rings is 1. The number of nitrogens with one attached hydrogen (secondary N) is 1. The van der Waals surface area contributed by atoms with Crippen LogP contribution in [-0.2, 0) is 6.54 Å². The molecule has 1 heterocycles. The molecule has 0 aliphatic carbocycles. The maximum Gasteiger partial charge on any atom is 0.252 e. The molecule has 0 saturated carbocycles. The quantitative estimate of drug-likeness (QED) is 0.728. The molecule has 6 heteroatoms. The molecule has 0 spiro atoms. The number of aromatic hydroxyl groups is 1. The minimum Gasteiger partial charge on any atom is -0.504 e. The van der Waals surface area contributed by atoms with Gasteiger partial charge in [-0.05, 0) is 30.0 Å². The zero-order chi connectivity index (χ0) is 17.7. The lowest BCUT2D eigenvalue weighted by Crippen LogP contribution is -2.23. The molecular formula is C18H22FN3O2. The van der Waals surface area contributed by atoms with E-state index in [2.05, 4.69) is 24.1 Å². The molecular weight excluding hydrogens is 309 g/mol. The summed E-state index contributed by atoms with van der Waals surface area (Å²) in [4.78, 5) is 15.3. The molecule has 1 aromatic heterocycles. The Balaban J connectivity index is 2.17. The standard InChI is InChI=1S/C18H22FN3O2/c1-11(2)8-15(12-4-3-7-21-9-12)22-10-13-5-6-14(18(20)24)17(23)16(13)19/h3-7,9,11,15,22-23H,8,10H2,1-2H3,(H2,20,24). The predicted octanol–water partition coefficient (Wildman–Crippen LogP) is 2.90. The van der Waals surface area contributed by atoms with Gasteiger partial charge in [0.2, 0.25) is 0 Å². The molecule has 0 bridgehead atoms. The van der Waals surface area contributed by atoms with Gasteiger partial charge in [0.15, 0.2) is 11.6 Å². The van der Waals surface area contributed by atoms with Gasteiger partial charge in [0.1, 0.15) is 0 Å². The number of carbonyl (C=O) groups excluding carboxylic acids is 1. The van der Waals surface area contributed by atoms with Gasteiger partial charge in [-0.3, -0.25) is 9.78 Å². The minimum absolute atomic E-state index is 0.0102. The van der Waals surface area contributed by atoms with Crippen LogP contribution in [0.2, 0.25) is 0 Å². The van der Waals surface area contributed by atoms with E-state index in [9.17, 15) is 14.3 Å². The number of hydrogen-bond donors (Lipinski definition) is 3. The van der Waals surface area contributed by atoms with Gasteiger partial charge < -0.3 is 16.2 Å². The molecule has 0 saturated heterocycles. The van der Waals surface area contributed by atoms with Crippen LogP contribution in [0.4, 0.5) is 4.39 Å². The van der Waals surface area contributed by atoms with Crippen molar-refractivity contribution < 1.29 is 14.3 Å². The lowest BCUT2D eigenvalue weighted by molar-refractivity contribution is 0.0997. The van der Waals surface area contributed by atoms with Crippen molar-refractivity contribution in [3.8, 4) is 5.75 Å². The van der Waals surface area contributed by atoms with Crippen LogP contribution in [0.3, 0.4) is 0 Å². The Hall–Kier alpha value is -2.47. The number of nitrogens with zero attached hydrogens (tertiary/aromatic N) is 1. The fraction of sp³-hybridized carbons (Fsp3) is 0.333. The highest BCUT2D eigenvalue weighted by molar-refractivity contribution is 5.95. The average molecular weight is 331 g/mol. The highest BCUT2D eigenvalue weighted by Crippen LogP contribution is 2.26. The van der Waals surface area contributed by atoms with Gasteiger partial charge in [-0.15, -0.1) is 0 Å². The van der Waals surface area contributed by atoms with Gasteiger partial charge in [0.25, 0.3) is 5.91 Å². The van der Waals surface area contributed by atoms with E-state index in [0.29, 0.717) is 5.92 Å². The third kappa shape index (κ3) is 4.29. The van der Waals surface area contributed by atoms with E-state index in [1.54, 1.807) is 12.4 Å². The second-order valence-corrected chi connectivity index (χ2v) is 6.15. The summed E-state index contributed by atoms with van der Waals surface area (Å²) < 4.78 is 14.2. The molecule has 0 aliphatic rings. The number of pyridine rings is 1. The Labute approximate surface area is 140 Å². The largest absolute Gasteiger partial charge is 0.504 e. The Kier molecular flexibility index (Phi) is 5.87. The average Bonchev–Trinajstić information content (AvgIpc) is 2.55. The molecule has 1 amide bonds. The highest BCUT2D eigenvalue weighted by atomic mass is 19.1. The Bertz CT molecular complexity index is 705. The number of amides is 1. The van der Waals surface area contributed by atoms with E-state index in [1.165, 1.54) is 12.1 Å². The normalized spacial score (nSPS) is 12.3. The third-order valence-electron chi connectivity index (χ3n) is 3.79. The third-order valence-corrected chi connectivity index (χ3v) is 3.79. The van der Waals surface area contributed by atoms with Crippen molar-refractivity contribution in [1.29, 1.82) is 0 Å². The van der Waals surface area contributed by atoms with Crippen LogP contribution in [0.5, 0.6) is 5.75 Å². The zero-order valence-corrected chi connectivity index (χ0v) is 13.8. The van der Waals surface area contributed by atoms with Crippen molar-refractivity contribution in [3.05, 3.63) is 59.2 Å². The van der Waals surface area contributed by atoms with Crippen molar-refractivity contribution in [2.24, 2.45) is 11.7 Å². The first kappa shape index (κ1) is 17.9. The Morgan fingerprint density at radius 1 is 1.38 bits per heavy atom. The second kappa shape index (κ2) is 7.88. The molecule has 2 aromatic rings. The fourth-order valence-corrected chi connectivity index (χ4v) is 2.57. The maximum atomic E-state index is 14.2. The van der Waals surface area contributed by atoms with Gasteiger partial charge in [-0.25, -0.2) is 4.39 Å². The highest BCUT2D eigenvalue weighted by Gasteiger charge is 2.18. The molecule has 0 aliphatic heterocycles. The van der Waals surface area contributed by atoms with Crippen molar-refractivity contribution in [3.63, 3.8) is 0 Å². The molecule has 1 aromatic carbocycles. The van der Waals surface area contributed by atoms with Crippen LogP contribution >= 0.6 is 0 Å². The lowest BCUT2D eigenvalue weighted by atomic mass is 9.98. The van der Waals surface area contributed by atoms with Gasteiger partial charge in [0, 0.05) is 30.5 Å². The topological polar surface area (TPSA) is 88.2 Å². The minimum atomic E-state index is -0.862. The molecule has 1 atom stereocenters. The molecule has 4 N–H and O–H groups in total. The van der Waals surface area contributed by atoms with Crippen molar-refractivity contribution >= 4 is 5.91 Å². The summed E-state index contributed by atoms with van der Waals surface area (Å²) in [7, 11) is 0. The van der Waals surface area contributed by atoms with E-state index in [4.69, 9.17) is 5.73 Å². The lowest BCUT2D eigenvalue weighted by Gasteiger charge is -2.21. The number of phenols is 1. The van der Waals surface area contributed by atoms with E-state index in [-0.39, 0.29) is 23.7 Å². The van der Waals surface area contributed by atoms with E-state index in [0.717, 1.165) is 12.0 Å². The molecule has 128 valence electrons. The summed E-state index contributed by atoms with van der Waals surface area (Å²) in [5.74, 6) is -1.95. The first-order valence-corrected chi connectivity index (χ1v) is 7.83. The number of aromatic nitrogens is 1. The van der Waals surface area contributed by atoms with Crippen LogP contribution in [0.25, 0.3) is 0 Å². The number of nitrogens with two attached hydrogens (primary N) is 1. The number of primary amides is 1. The number of hydrogen-bond acceptors (Lipinski definition) is 4. The van der Waals surface area contributed by atoms with Gasteiger partial charge >= 0.3 is 0 Å². The molecule has 2 rings (SSSR count). The van der Waals surface area contributed by atoms with Crippen LogP contribution in [0.15, 0.2) is 36.7 Å². The SMILES string of the molecule is CC(C)CC(NCc1ccc(C(N)=O)c(O)c1F)c1cccnc1. The molecule has 0 radical (unpaired) electrons. The monoisotopic (exact) mass is 331 g/mol. The smallest absolute Gasteiger partial charge is 0.252 e. The molecule has 1 unspecified atom stereocenters. The van der Waals surface area contributed by atoms with Crippen LogP contribution < -0.4 is 11.1 Å². The predicted molar refractivity (Wildman–Crippen MR) is 89.9 cm³/mol. The maximum absolute atomic E-state index is 14.2. The number of halogens is 1.